The molecule has 0 fully saturated rings. The van der Waals surface area contributed by atoms with E-state index >= 15 is 0 Å². The van der Waals surface area contributed by atoms with Crippen molar-refractivity contribution in [1.82, 2.24) is 10.2 Å². The van der Waals surface area contributed by atoms with Gasteiger partial charge in [-0.05, 0) is 57.0 Å². The summed E-state index contributed by atoms with van der Waals surface area (Å²) in [6.07, 6.45) is 0.374. The second kappa shape index (κ2) is 12.4. The van der Waals surface area contributed by atoms with Crippen LogP contribution in [0.1, 0.15) is 37.5 Å². The molecule has 0 saturated carbocycles. The Balaban J connectivity index is 1.94. The number of benzene rings is 3. The minimum atomic E-state index is -0.733. The van der Waals surface area contributed by atoms with Crippen LogP contribution in [0.15, 0.2) is 77.3 Å². The maximum absolute atomic E-state index is 13.7. The molecular weight excluding hydrogens is 540 g/mol. The number of aryl methyl sites for hydroxylation is 1. The van der Waals surface area contributed by atoms with Gasteiger partial charge in [-0.1, -0.05) is 87.7 Å². The molecule has 0 aliphatic carbocycles. The molecule has 190 valence electrons. The van der Waals surface area contributed by atoms with Crippen molar-refractivity contribution >= 4 is 39.3 Å². The number of halogens is 2. The van der Waals surface area contributed by atoms with Gasteiger partial charge in [0, 0.05) is 23.0 Å². The number of hydrogen-bond acceptors (Lipinski definition) is 3. The Morgan fingerprint density at radius 1 is 1.00 bits per heavy atom. The molecular formula is C29H32BrClN2O3. The van der Waals surface area contributed by atoms with Gasteiger partial charge < -0.3 is 15.0 Å². The molecule has 2 amide bonds. The quantitative estimate of drug-likeness (QED) is 0.326. The molecule has 0 spiro atoms. The minimum Gasteiger partial charge on any atom is -0.482 e. The number of rotatable bonds is 9. The number of nitrogens with one attached hydrogen (secondary N) is 1. The van der Waals surface area contributed by atoms with Gasteiger partial charge in [0.25, 0.3) is 5.91 Å². The van der Waals surface area contributed by atoms with Crippen molar-refractivity contribution in [2.45, 2.75) is 52.2 Å². The largest absolute Gasteiger partial charge is 0.482 e. The molecule has 3 aromatic rings. The first-order valence-corrected chi connectivity index (χ1v) is 13.0. The summed E-state index contributed by atoms with van der Waals surface area (Å²) in [7, 11) is 0. The predicted octanol–water partition coefficient (Wildman–Crippen LogP) is 6.34. The fourth-order valence-electron chi connectivity index (χ4n) is 3.83. The number of carbonyl (C=O) groups is 2. The van der Waals surface area contributed by atoms with Gasteiger partial charge in [-0.2, -0.15) is 0 Å². The summed E-state index contributed by atoms with van der Waals surface area (Å²) >= 11 is 9.66. The van der Waals surface area contributed by atoms with E-state index in [1.54, 1.807) is 23.1 Å². The minimum absolute atomic E-state index is 0.214. The van der Waals surface area contributed by atoms with E-state index in [4.69, 9.17) is 16.3 Å². The van der Waals surface area contributed by atoms with E-state index in [9.17, 15) is 9.59 Å². The molecule has 1 N–H and O–H groups in total. The molecule has 0 aromatic heterocycles. The van der Waals surface area contributed by atoms with E-state index < -0.39 is 11.6 Å². The molecule has 3 aromatic carbocycles. The summed E-state index contributed by atoms with van der Waals surface area (Å²) in [5.41, 5.74) is 2.53. The molecule has 5 nitrogen and oxygen atoms in total. The monoisotopic (exact) mass is 570 g/mol. The van der Waals surface area contributed by atoms with Crippen LogP contribution in [-0.2, 0) is 22.6 Å². The standard InChI is InChI=1S/C29H32BrClN2O3/c1-20-9-8-12-22(15-20)18-33(27(34)19-36-26-14-13-23(30)17-24(26)31)25(28(35)32-29(2,3)4)16-21-10-6-5-7-11-21/h5-15,17,25H,16,18-19H2,1-4H3,(H,32,35)/t25-/m0/s1. The van der Waals surface area contributed by atoms with Crippen LogP contribution in [-0.4, -0.2) is 34.9 Å². The molecule has 36 heavy (non-hydrogen) atoms. The number of carbonyl (C=O) groups excluding carboxylic acids is 2. The van der Waals surface area contributed by atoms with E-state index in [1.807, 2.05) is 82.3 Å². The van der Waals surface area contributed by atoms with Crippen molar-refractivity contribution in [3.8, 4) is 5.75 Å². The van der Waals surface area contributed by atoms with Crippen molar-refractivity contribution in [2.24, 2.45) is 0 Å². The second-order valence-electron chi connectivity index (χ2n) is 9.82. The molecule has 0 radical (unpaired) electrons. The van der Waals surface area contributed by atoms with Crippen molar-refractivity contribution < 1.29 is 14.3 Å². The molecule has 0 aliphatic rings. The highest BCUT2D eigenvalue weighted by Gasteiger charge is 2.32. The third-order valence-electron chi connectivity index (χ3n) is 5.45. The van der Waals surface area contributed by atoms with E-state index in [0.29, 0.717) is 17.2 Å². The fourth-order valence-corrected chi connectivity index (χ4v) is 4.56. The van der Waals surface area contributed by atoms with E-state index in [1.165, 1.54) is 0 Å². The highest BCUT2D eigenvalue weighted by Crippen LogP contribution is 2.28. The van der Waals surface area contributed by atoms with Crippen LogP contribution in [0.2, 0.25) is 5.02 Å². The number of nitrogens with zero attached hydrogens (tertiary/aromatic N) is 1. The van der Waals surface area contributed by atoms with Crippen molar-refractivity contribution in [2.75, 3.05) is 6.61 Å². The Hall–Kier alpha value is -2.83. The van der Waals surface area contributed by atoms with Crippen molar-refractivity contribution in [3.05, 3.63) is 99.0 Å². The molecule has 0 saturated heterocycles. The number of amides is 2. The highest BCUT2D eigenvalue weighted by atomic mass is 79.9. The SMILES string of the molecule is Cc1cccc(CN(C(=O)COc2ccc(Br)cc2Cl)[C@@H](Cc2ccccc2)C(=O)NC(C)(C)C)c1. The number of ether oxygens (including phenoxy) is 1. The Kier molecular flexibility index (Phi) is 9.57. The number of hydrogen-bond donors (Lipinski definition) is 1. The van der Waals surface area contributed by atoms with Crippen LogP contribution < -0.4 is 10.1 Å². The average molecular weight is 572 g/mol. The van der Waals surface area contributed by atoms with Gasteiger partial charge in [0.1, 0.15) is 11.8 Å². The lowest BCUT2D eigenvalue weighted by molar-refractivity contribution is -0.143. The Labute approximate surface area is 226 Å². The Bertz CT molecular complexity index is 1190. The van der Waals surface area contributed by atoms with E-state index in [-0.39, 0.29) is 25.0 Å². The zero-order chi connectivity index (χ0) is 26.3. The van der Waals surface area contributed by atoms with Crippen LogP contribution in [0.4, 0.5) is 0 Å². The molecule has 1 atom stereocenters. The summed E-state index contributed by atoms with van der Waals surface area (Å²) in [5, 5.41) is 3.46. The first-order valence-electron chi connectivity index (χ1n) is 11.8. The van der Waals surface area contributed by atoms with E-state index in [2.05, 4.69) is 21.2 Å². The zero-order valence-corrected chi connectivity index (χ0v) is 23.4. The van der Waals surface area contributed by atoms with Gasteiger partial charge >= 0.3 is 0 Å². The van der Waals surface area contributed by atoms with Crippen LogP contribution in [0, 0.1) is 6.92 Å². The third-order valence-corrected chi connectivity index (χ3v) is 6.24. The van der Waals surface area contributed by atoms with Crippen LogP contribution >= 0.6 is 27.5 Å². The van der Waals surface area contributed by atoms with Crippen LogP contribution in [0.5, 0.6) is 5.75 Å². The second-order valence-corrected chi connectivity index (χ2v) is 11.1. The topological polar surface area (TPSA) is 58.6 Å². The van der Waals surface area contributed by atoms with Gasteiger partial charge in [-0.3, -0.25) is 9.59 Å². The van der Waals surface area contributed by atoms with Crippen LogP contribution in [0.3, 0.4) is 0 Å². The first kappa shape index (κ1) is 27.8. The van der Waals surface area contributed by atoms with Gasteiger partial charge in [0.2, 0.25) is 5.91 Å². The smallest absolute Gasteiger partial charge is 0.261 e. The Morgan fingerprint density at radius 2 is 1.69 bits per heavy atom. The van der Waals surface area contributed by atoms with Crippen molar-refractivity contribution in [1.29, 1.82) is 0 Å². The van der Waals surface area contributed by atoms with Gasteiger partial charge in [-0.25, -0.2) is 0 Å². The highest BCUT2D eigenvalue weighted by molar-refractivity contribution is 9.10. The van der Waals surface area contributed by atoms with Gasteiger partial charge in [0.05, 0.1) is 5.02 Å². The molecule has 0 bridgehead atoms. The molecule has 0 aliphatic heterocycles. The summed E-state index contributed by atoms with van der Waals surface area (Å²) < 4.78 is 6.62. The van der Waals surface area contributed by atoms with Gasteiger partial charge in [-0.15, -0.1) is 0 Å². The maximum atomic E-state index is 13.7. The third kappa shape index (κ3) is 8.38. The average Bonchev–Trinajstić information content (AvgIpc) is 2.80. The molecule has 3 rings (SSSR count). The molecule has 0 heterocycles. The summed E-state index contributed by atoms with van der Waals surface area (Å²) in [6.45, 7) is 7.80. The Morgan fingerprint density at radius 3 is 2.33 bits per heavy atom. The zero-order valence-electron chi connectivity index (χ0n) is 21.1. The lowest BCUT2D eigenvalue weighted by Crippen LogP contribution is -2.55. The lowest BCUT2D eigenvalue weighted by atomic mass is 10.0. The van der Waals surface area contributed by atoms with Crippen molar-refractivity contribution in [3.63, 3.8) is 0 Å². The van der Waals surface area contributed by atoms with Gasteiger partial charge in [0.15, 0.2) is 6.61 Å². The maximum Gasteiger partial charge on any atom is 0.261 e. The summed E-state index contributed by atoms with van der Waals surface area (Å²) in [5.74, 6) is -0.114. The fraction of sp³-hybridized carbons (Fsp3) is 0.310. The molecule has 0 unspecified atom stereocenters. The molecule has 7 heteroatoms. The van der Waals surface area contributed by atoms with Crippen LogP contribution in [0.25, 0.3) is 0 Å². The normalized spacial score (nSPS) is 12.1. The lowest BCUT2D eigenvalue weighted by Gasteiger charge is -2.34. The predicted molar refractivity (Wildman–Crippen MR) is 148 cm³/mol. The summed E-state index contributed by atoms with van der Waals surface area (Å²) in [6, 6.07) is 22.1. The van der Waals surface area contributed by atoms with E-state index in [0.717, 1.165) is 21.2 Å². The summed E-state index contributed by atoms with van der Waals surface area (Å²) in [4.78, 5) is 28.8. The first-order chi connectivity index (χ1) is 17.0.